The molecule has 1 aromatic carbocycles. The molecule has 0 spiro atoms. The summed E-state index contributed by atoms with van der Waals surface area (Å²) in [5.74, 6) is -1.12. The van der Waals surface area contributed by atoms with Crippen molar-refractivity contribution in [1.29, 1.82) is 0 Å². The van der Waals surface area contributed by atoms with Crippen molar-refractivity contribution in [3.05, 3.63) is 45.7 Å². The molecular weight excluding hydrogens is 206 g/mol. The predicted octanol–water partition coefficient (Wildman–Crippen LogP) is 1.79. The summed E-state index contributed by atoms with van der Waals surface area (Å²) in [6.45, 7) is 1.96. The van der Waals surface area contributed by atoms with Crippen LogP contribution >= 0.6 is 0 Å². The molecule has 2 rings (SSSR count). The Hall–Kier alpha value is -2.10. The Kier molecular flexibility index (Phi) is 2.48. The predicted molar refractivity (Wildman–Crippen MR) is 60.9 cm³/mol. The Morgan fingerprint density at radius 2 is 2.19 bits per heavy atom. The minimum Gasteiger partial charge on any atom is -0.477 e. The van der Waals surface area contributed by atoms with Crippen LogP contribution in [0, 0.1) is 0 Å². The van der Waals surface area contributed by atoms with Crippen LogP contribution in [-0.2, 0) is 6.42 Å². The van der Waals surface area contributed by atoms with E-state index in [1.807, 2.05) is 13.0 Å². The SMILES string of the molecule is CCc1cccc2c(=O)cc(C(=O)O)[nH]c12. The highest BCUT2D eigenvalue weighted by Crippen LogP contribution is 2.14. The lowest BCUT2D eigenvalue weighted by Gasteiger charge is -2.04. The number of carboxylic acids is 1. The number of nitrogens with one attached hydrogen (secondary N) is 1. The van der Waals surface area contributed by atoms with E-state index in [0.29, 0.717) is 10.9 Å². The number of hydrogen-bond donors (Lipinski definition) is 2. The van der Waals surface area contributed by atoms with Crippen LogP contribution in [0.25, 0.3) is 10.9 Å². The topological polar surface area (TPSA) is 70.2 Å². The second kappa shape index (κ2) is 3.81. The average Bonchev–Trinajstić information content (AvgIpc) is 2.28. The number of carbonyl (C=O) groups is 1. The molecule has 0 fully saturated rings. The van der Waals surface area contributed by atoms with E-state index < -0.39 is 5.97 Å². The molecule has 0 amide bonds. The van der Waals surface area contributed by atoms with E-state index >= 15 is 0 Å². The number of benzene rings is 1. The van der Waals surface area contributed by atoms with E-state index in [2.05, 4.69) is 4.98 Å². The first-order chi connectivity index (χ1) is 7.63. The standard InChI is InChI=1S/C12H11NO3/c1-2-7-4-3-5-8-10(14)6-9(12(15)16)13-11(7)8/h3-6H,2H2,1H3,(H,13,14)(H,15,16). The van der Waals surface area contributed by atoms with Gasteiger partial charge in [-0.1, -0.05) is 19.1 Å². The third kappa shape index (κ3) is 1.58. The van der Waals surface area contributed by atoms with Gasteiger partial charge in [-0.25, -0.2) is 4.79 Å². The van der Waals surface area contributed by atoms with E-state index in [0.717, 1.165) is 18.1 Å². The van der Waals surface area contributed by atoms with Crippen molar-refractivity contribution in [3.8, 4) is 0 Å². The number of carboxylic acid groups (broad SMARTS) is 1. The maximum absolute atomic E-state index is 11.7. The van der Waals surface area contributed by atoms with Gasteiger partial charge >= 0.3 is 5.97 Å². The van der Waals surface area contributed by atoms with Crippen molar-refractivity contribution in [3.63, 3.8) is 0 Å². The fraction of sp³-hybridized carbons (Fsp3) is 0.167. The highest BCUT2D eigenvalue weighted by molar-refractivity contribution is 5.90. The summed E-state index contributed by atoms with van der Waals surface area (Å²) in [6, 6.07) is 6.49. The monoisotopic (exact) mass is 217 g/mol. The van der Waals surface area contributed by atoms with E-state index in [-0.39, 0.29) is 11.1 Å². The number of pyridine rings is 1. The first-order valence-electron chi connectivity index (χ1n) is 5.01. The molecule has 0 saturated heterocycles. The molecule has 0 aliphatic rings. The lowest BCUT2D eigenvalue weighted by molar-refractivity contribution is 0.0691. The van der Waals surface area contributed by atoms with Gasteiger partial charge in [0.25, 0.3) is 0 Å². The first-order valence-corrected chi connectivity index (χ1v) is 5.01. The quantitative estimate of drug-likeness (QED) is 0.805. The zero-order valence-corrected chi connectivity index (χ0v) is 8.78. The molecule has 4 nitrogen and oxygen atoms in total. The summed E-state index contributed by atoms with van der Waals surface area (Å²) in [4.78, 5) is 25.3. The zero-order valence-electron chi connectivity index (χ0n) is 8.78. The van der Waals surface area contributed by atoms with E-state index in [9.17, 15) is 9.59 Å². The van der Waals surface area contributed by atoms with Crippen molar-refractivity contribution in [1.82, 2.24) is 4.98 Å². The molecule has 4 heteroatoms. The van der Waals surface area contributed by atoms with Crippen molar-refractivity contribution < 1.29 is 9.90 Å². The molecule has 0 aliphatic heterocycles. The third-order valence-corrected chi connectivity index (χ3v) is 2.56. The second-order valence-electron chi connectivity index (χ2n) is 3.55. The van der Waals surface area contributed by atoms with E-state index in [1.165, 1.54) is 0 Å². The fourth-order valence-corrected chi connectivity index (χ4v) is 1.74. The number of hydrogen-bond acceptors (Lipinski definition) is 2. The van der Waals surface area contributed by atoms with Gasteiger partial charge in [-0.3, -0.25) is 4.79 Å². The molecule has 0 atom stereocenters. The number of aromatic carboxylic acids is 1. The van der Waals surface area contributed by atoms with Gasteiger partial charge in [-0.05, 0) is 18.1 Å². The van der Waals surface area contributed by atoms with Crippen LogP contribution in [0.5, 0.6) is 0 Å². The number of aromatic amines is 1. The van der Waals surface area contributed by atoms with Crippen LogP contribution in [0.2, 0.25) is 0 Å². The Morgan fingerprint density at radius 1 is 1.44 bits per heavy atom. The lowest BCUT2D eigenvalue weighted by atomic mass is 10.1. The van der Waals surface area contributed by atoms with Gasteiger partial charge in [0.05, 0.1) is 5.52 Å². The van der Waals surface area contributed by atoms with Gasteiger partial charge in [0.1, 0.15) is 5.69 Å². The Bertz CT molecular complexity index is 613. The summed E-state index contributed by atoms with van der Waals surface area (Å²) in [5.41, 5.74) is 1.23. The average molecular weight is 217 g/mol. The third-order valence-electron chi connectivity index (χ3n) is 2.56. The smallest absolute Gasteiger partial charge is 0.352 e. The van der Waals surface area contributed by atoms with Gasteiger partial charge in [0, 0.05) is 11.5 Å². The molecule has 0 bridgehead atoms. The van der Waals surface area contributed by atoms with Crippen LogP contribution in [0.15, 0.2) is 29.1 Å². The van der Waals surface area contributed by atoms with Gasteiger partial charge < -0.3 is 10.1 Å². The summed E-state index contributed by atoms with van der Waals surface area (Å²) in [7, 11) is 0. The van der Waals surface area contributed by atoms with Crippen molar-refractivity contribution >= 4 is 16.9 Å². The largest absolute Gasteiger partial charge is 0.477 e. The van der Waals surface area contributed by atoms with Crippen LogP contribution < -0.4 is 5.43 Å². The minimum atomic E-state index is -1.12. The number of aryl methyl sites for hydroxylation is 1. The molecule has 2 N–H and O–H groups in total. The Labute approximate surface area is 91.5 Å². The van der Waals surface area contributed by atoms with E-state index in [4.69, 9.17) is 5.11 Å². The molecule has 82 valence electrons. The molecule has 0 aliphatic carbocycles. The second-order valence-corrected chi connectivity index (χ2v) is 3.55. The first kappa shape index (κ1) is 10.4. The van der Waals surface area contributed by atoms with Gasteiger partial charge in [0.15, 0.2) is 5.43 Å². The van der Waals surface area contributed by atoms with Gasteiger partial charge in [-0.15, -0.1) is 0 Å². The zero-order chi connectivity index (χ0) is 11.7. The number of para-hydroxylation sites is 1. The molecular formula is C12H11NO3. The van der Waals surface area contributed by atoms with Crippen LogP contribution in [0.3, 0.4) is 0 Å². The Morgan fingerprint density at radius 3 is 2.81 bits per heavy atom. The summed E-state index contributed by atoms with van der Waals surface area (Å²) >= 11 is 0. The van der Waals surface area contributed by atoms with Crippen LogP contribution in [-0.4, -0.2) is 16.1 Å². The number of rotatable bonds is 2. The molecule has 1 aromatic heterocycles. The molecule has 0 unspecified atom stereocenters. The van der Waals surface area contributed by atoms with Crippen molar-refractivity contribution in [2.75, 3.05) is 0 Å². The number of H-pyrrole nitrogens is 1. The number of fused-ring (bicyclic) bond motifs is 1. The number of aromatic nitrogens is 1. The fourth-order valence-electron chi connectivity index (χ4n) is 1.74. The van der Waals surface area contributed by atoms with Gasteiger partial charge in [0.2, 0.25) is 0 Å². The molecule has 2 aromatic rings. The Balaban J connectivity index is 2.88. The summed E-state index contributed by atoms with van der Waals surface area (Å²) < 4.78 is 0. The molecule has 16 heavy (non-hydrogen) atoms. The molecule has 0 radical (unpaired) electrons. The van der Waals surface area contributed by atoms with Crippen LogP contribution in [0.4, 0.5) is 0 Å². The summed E-state index contributed by atoms with van der Waals surface area (Å²) in [5, 5.41) is 9.39. The summed E-state index contributed by atoms with van der Waals surface area (Å²) in [6.07, 6.45) is 0.746. The van der Waals surface area contributed by atoms with Gasteiger partial charge in [-0.2, -0.15) is 0 Å². The lowest BCUT2D eigenvalue weighted by Crippen LogP contribution is -2.10. The minimum absolute atomic E-state index is 0.0709. The highest BCUT2D eigenvalue weighted by atomic mass is 16.4. The maximum atomic E-state index is 11.7. The van der Waals surface area contributed by atoms with Crippen LogP contribution in [0.1, 0.15) is 23.0 Å². The normalized spacial score (nSPS) is 10.6. The van der Waals surface area contributed by atoms with Crippen molar-refractivity contribution in [2.45, 2.75) is 13.3 Å². The van der Waals surface area contributed by atoms with E-state index in [1.54, 1.807) is 12.1 Å². The molecule has 0 saturated carbocycles. The molecule has 1 heterocycles. The highest BCUT2D eigenvalue weighted by Gasteiger charge is 2.09. The maximum Gasteiger partial charge on any atom is 0.352 e. The van der Waals surface area contributed by atoms with Crippen molar-refractivity contribution in [2.24, 2.45) is 0 Å².